The molecule has 7 heteroatoms. The monoisotopic (exact) mass is 390 g/mol. The Morgan fingerprint density at radius 1 is 1.19 bits per heavy atom. The zero-order valence-electron chi connectivity index (χ0n) is 14.4. The highest BCUT2D eigenvalue weighted by atomic mass is 35.5. The lowest BCUT2D eigenvalue weighted by Crippen LogP contribution is -2.39. The molecular formula is C19H19ClN2O3S. The molecule has 0 unspecified atom stereocenters. The van der Waals surface area contributed by atoms with Crippen molar-refractivity contribution in [2.45, 2.75) is 13.5 Å². The third-order valence-electron chi connectivity index (χ3n) is 4.26. The minimum atomic E-state index is -2.93. The van der Waals surface area contributed by atoms with Crippen molar-refractivity contribution in [1.29, 1.82) is 5.26 Å². The van der Waals surface area contributed by atoms with E-state index in [0.717, 1.165) is 11.1 Å². The van der Waals surface area contributed by atoms with Crippen LogP contribution in [-0.4, -0.2) is 37.9 Å². The summed E-state index contributed by atoms with van der Waals surface area (Å²) in [5, 5.41) is 9.78. The quantitative estimate of drug-likeness (QED) is 0.798. The van der Waals surface area contributed by atoms with E-state index in [9.17, 15) is 13.7 Å². The van der Waals surface area contributed by atoms with Crippen LogP contribution < -0.4 is 4.74 Å². The van der Waals surface area contributed by atoms with Gasteiger partial charge in [0, 0.05) is 30.2 Å². The first-order chi connectivity index (χ1) is 12.3. The van der Waals surface area contributed by atoms with Crippen molar-refractivity contribution in [2.24, 2.45) is 0 Å². The molecule has 0 aliphatic carbocycles. The van der Waals surface area contributed by atoms with Gasteiger partial charge in [0.1, 0.15) is 11.5 Å². The van der Waals surface area contributed by atoms with Crippen molar-refractivity contribution in [3.63, 3.8) is 0 Å². The second-order valence-corrected chi connectivity index (χ2v) is 9.17. The summed E-state index contributed by atoms with van der Waals surface area (Å²) in [6, 6.07) is 12.9. The number of ether oxygens (including phenoxy) is 1. The zero-order chi connectivity index (χ0) is 18.7. The van der Waals surface area contributed by atoms with Gasteiger partial charge in [0.2, 0.25) is 0 Å². The number of hydrogen-bond acceptors (Lipinski definition) is 5. The SMILES string of the molecule is Cc1cc(Cl)cc(Oc2ccc(C#N)cc2CN2CCS(=O)(=O)CC2)c1. The molecule has 0 N–H and O–H groups in total. The first-order valence-electron chi connectivity index (χ1n) is 8.25. The first kappa shape index (κ1) is 18.7. The van der Waals surface area contributed by atoms with Gasteiger partial charge in [-0.05, 0) is 48.9 Å². The maximum absolute atomic E-state index is 11.6. The van der Waals surface area contributed by atoms with Crippen molar-refractivity contribution in [2.75, 3.05) is 24.6 Å². The summed E-state index contributed by atoms with van der Waals surface area (Å²) in [4.78, 5) is 2.06. The van der Waals surface area contributed by atoms with E-state index in [2.05, 4.69) is 11.0 Å². The lowest BCUT2D eigenvalue weighted by Gasteiger charge is -2.27. The van der Waals surface area contributed by atoms with Crippen molar-refractivity contribution in [3.05, 3.63) is 58.1 Å². The first-order valence-corrected chi connectivity index (χ1v) is 10.5. The van der Waals surface area contributed by atoms with Gasteiger partial charge in [-0.2, -0.15) is 5.26 Å². The fourth-order valence-electron chi connectivity index (χ4n) is 2.91. The molecule has 3 rings (SSSR count). The Morgan fingerprint density at radius 3 is 2.58 bits per heavy atom. The molecule has 0 atom stereocenters. The Morgan fingerprint density at radius 2 is 1.92 bits per heavy atom. The molecule has 0 radical (unpaired) electrons. The average Bonchev–Trinajstić information content (AvgIpc) is 2.57. The van der Waals surface area contributed by atoms with E-state index in [0.29, 0.717) is 41.7 Å². The number of halogens is 1. The summed E-state index contributed by atoms with van der Waals surface area (Å²) in [5.74, 6) is 1.59. The molecule has 1 fully saturated rings. The summed E-state index contributed by atoms with van der Waals surface area (Å²) in [6.45, 7) is 3.43. The molecular weight excluding hydrogens is 372 g/mol. The predicted molar refractivity (Wildman–Crippen MR) is 101 cm³/mol. The van der Waals surface area contributed by atoms with E-state index < -0.39 is 9.84 Å². The molecule has 1 heterocycles. The van der Waals surface area contributed by atoms with E-state index in [4.69, 9.17) is 16.3 Å². The molecule has 0 spiro atoms. The summed E-state index contributed by atoms with van der Waals surface area (Å²) in [5.41, 5.74) is 2.38. The largest absolute Gasteiger partial charge is 0.457 e. The smallest absolute Gasteiger partial charge is 0.152 e. The van der Waals surface area contributed by atoms with Gasteiger partial charge in [-0.1, -0.05) is 11.6 Å². The second kappa shape index (κ2) is 7.67. The van der Waals surface area contributed by atoms with Gasteiger partial charge < -0.3 is 4.74 Å². The van der Waals surface area contributed by atoms with Gasteiger partial charge in [0.25, 0.3) is 0 Å². The Bertz CT molecular complexity index is 933. The standard InChI is InChI=1S/C19H19ClN2O3S/c1-14-8-17(20)11-18(9-14)25-19-3-2-15(12-21)10-16(19)13-22-4-6-26(23,24)7-5-22/h2-3,8-11H,4-7,13H2,1H3. The minimum Gasteiger partial charge on any atom is -0.457 e. The highest BCUT2D eigenvalue weighted by Crippen LogP contribution is 2.30. The summed E-state index contributed by atoms with van der Waals surface area (Å²) in [7, 11) is -2.93. The van der Waals surface area contributed by atoms with Crippen LogP contribution in [0.5, 0.6) is 11.5 Å². The van der Waals surface area contributed by atoms with Crippen LogP contribution in [0.3, 0.4) is 0 Å². The molecule has 2 aromatic carbocycles. The second-order valence-electron chi connectivity index (χ2n) is 6.43. The van der Waals surface area contributed by atoms with Crippen LogP contribution in [0, 0.1) is 18.3 Å². The number of aryl methyl sites for hydroxylation is 1. The Hall–Kier alpha value is -2.07. The van der Waals surface area contributed by atoms with Crippen LogP contribution in [0.15, 0.2) is 36.4 Å². The van der Waals surface area contributed by atoms with E-state index in [1.807, 2.05) is 19.1 Å². The summed E-state index contributed by atoms with van der Waals surface area (Å²) in [6.07, 6.45) is 0. The highest BCUT2D eigenvalue weighted by Gasteiger charge is 2.22. The number of hydrogen-bond donors (Lipinski definition) is 0. The van der Waals surface area contributed by atoms with Gasteiger partial charge in [0.05, 0.1) is 23.1 Å². The van der Waals surface area contributed by atoms with Gasteiger partial charge in [-0.15, -0.1) is 0 Å². The number of nitriles is 1. The van der Waals surface area contributed by atoms with Crippen molar-refractivity contribution < 1.29 is 13.2 Å². The fourth-order valence-corrected chi connectivity index (χ4v) is 4.47. The molecule has 0 saturated carbocycles. The molecule has 5 nitrogen and oxygen atoms in total. The Balaban J connectivity index is 1.85. The maximum Gasteiger partial charge on any atom is 0.152 e. The van der Waals surface area contributed by atoms with Crippen LogP contribution >= 0.6 is 11.6 Å². The van der Waals surface area contributed by atoms with Gasteiger partial charge in [-0.25, -0.2) is 8.42 Å². The molecule has 1 aliphatic heterocycles. The molecule has 1 saturated heterocycles. The number of sulfone groups is 1. The van der Waals surface area contributed by atoms with E-state index in [1.54, 1.807) is 24.3 Å². The normalized spacial score (nSPS) is 16.8. The van der Waals surface area contributed by atoms with Gasteiger partial charge in [0.15, 0.2) is 9.84 Å². The van der Waals surface area contributed by atoms with Crippen LogP contribution in [0.1, 0.15) is 16.7 Å². The lowest BCUT2D eigenvalue weighted by molar-refractivity contribution is 0.284. The molecule has 0 aromatic heterocycles. The van der Waals surface area contributed by atoms with E-state index in [-0.39, 0.29) is 11.5 Å². The lowest BCUT2D eigenvalue weighted by atomic mass is 10.1. The summed E-state index contributed by atoms with van der Waals surface area (Å²) >= 11 is 6.10. The third kappa shape index (κ3) is 4.76. The molecule has 26 heavy (non-hydrogen) atoms. The van der Waals surface area contributed by atoms with Crippen LogP contribution in [-0.2, 0) is 16.4 Å². The topological polar surface area (TPSA) is 70.4 Å². The van der Waals surface area contributed by atoms with Gasteiger partial charge in [-0.3, -0.25) is 4.90 Å². The highest BCUT2D eigenvalue weighted by molar-refractivity contribution is 7.91. The van der Waals surface area contributed by atoms with Gasteiger partial charge >= 0.3 is 0 Å². The molecule has 0 bridgehead atoms. The number of rotatable bonds is 4. The van der Waals surface area contributed by atoms with Crippen molar-refractivity contribution in [3.8, 4) is 17.6 Å². The van der Waals surface area contributed by atoms with Crippen LogP contribution in [0.2, 0.25) is 5.02 Å². The molecule has 1 aliphatic rings. The van der Waals surface area contributed by atoms with E-state index in [1.165, 1.54) is 0 Å². The van der Waals surface area contributed by atoms with E-state index >= 15 is 0 Å². The summed E-state index contributed by atoms with van der Waals surface area (Å²) < 4.78 is 29.2. The van der Waals surface area contributed by atoms with Crippen LogP contribution in [0.4, 0.5) is 0 Å². The van der Waals surface area contributed by atoms with Crippen molar-refractivity contribution in [1.82, 2.24) is 4.90 Å². The average molecular weight is 391 g/mol. The number of benzene rings is 2. The Kier molecular flexibility index (Phi) is 5.52. The molecule has 2 aromatic rings. The predicted octanol–water partition coefficient (Wildman–Crippen LogP) is 3.54. The molecule has 136 valence electrons. The minimum absolute atomic E-state index is 0.161. The molecule has 0 amide bonds. The fraction of sp³-hybridized carbons (Fsp3) is 0.316. The zero-order valence-corrected chi connectivity index (χ0v) is 16.0. The van der Waals surface area contributed by atoms with Crippen LogP contribution in [0.25, 0.3) is 0 Å². The van der Waals surface area contributed by atoms with Crippen molar-refractivity contribution >= 4 is 21.4 Å². The Labute approximate surface area is 158 Å². The third-order valence-corrected chi connectivity index (χ3v) is 6.09. The maximum atomic E-state index is 11.6. The number of nitrogens with zero attached hydrogens (tertiary/aromatic N) is 2.